The number of hydrogen-bond acceptors (Lipinski definition) is 1. The molecule has 0 fully saturated rings. The van der Waals surface area contributed by atoms with Crippen molar-refractivity contribution in [3.8, 4) is 55.6 Å². The van der Waals surface area contributed by atoms with Gasteiger partial charge in [-0.05, 0) is 146 Å². The van der Waals surface area contributed by atoms with E-state index < -0.39 is 0 Å². The van der Waals surface area contributed by atoms with Gasteiger partial charge in [0.1, 0.15) is 0 Å². The minimum Gasteiger partial charge on any atom is -0.311 e. The Bertz CT molecular complexity index is 2910. The van der Waals surface area contributed by atoms with Gasteiger partial charge in [-0.25, -0.2) is 0 Å². The molecule has 1 atom stereocenters. The molecule has 3 aliphatic carbocycles. The SMILES string of the molecule is Cc1ccc2c(c1)Cc1c-2cccc1C1C=CC(N(c2ccc(-c3ccc(-c4ccccc4)cc3)cc2)c2ccc(-c3cccc4c3CCc3ccccc3-4)cc2)=CC1. The second-order valence-electron chi connectivity index (χ2n) is 16.4. The zero-order valence-corrected chi connectivity index (χ0v) is 33.4. The number of aryl methyl sites for hydroxylation is 2. The van der Waals surface area contributed by atoms with E-state index in [4.69, 9.17) is 0 Å². The van der Waals surface area contributed by atoms with E-state index in [1.54, 1.807) is 0 Å². The van der Waals surface area contributed by atoms with Crippen LogP contribution in [0.15, 0.2) is 206 Å². The molecular weight excluding hydrogens is 711 g/mol. The summed E-state index contributed by atoms with van der Waals surface area (Å²) in [5.74, 6) is 0.337. The summed E-state index contributed by atoms with van der Waals surface area (Å²) in [5, 5.41) is 0. The molecule has 1 heteroatoms. The monoisotopic (exact) mass is 755 g/mol. The van der Waals surface area contributed by atoms with Crippen LogP contribution in [-0.2, 0) is 19.3 Å². The van der Waals surface area contributed by atoms with Crippen molar-refractivity contribution >= 4 is 11.4 Å². The second-order valence-corrected chi connectivity index (χ2v) is 16.4. The Morgan fingerprint density at radius 3 is 1.73 bits per heavy atom. The lowest BCUT2D eigenvalue weighted by atomic mass is 9.82. The summed E-state index contributed by atoms with van der Waals surface area (Å²) in [6, 6.07) is 67.5. The van der Waals surface area contributed by atoms with Crippen LogP contribution < -0.4 is 4.90 Å². The van der Waals surface area contributed by atoms with Crippen molar-refractivity contribution in [3.05, 3.63) is 239 Å². The topological polar surface area (TPSA) is 3.24 Å². The smallest absolute Gasteiger partial charge is 0.0461 e. The first-order valence-corrected chi connectivity index (χ1v) is 21.1. The second kappa shape index (κ2) is 14.8. The van der Waals surface area contributed by atoms with Gasteiger partial charge in [-0.1, -0.05) is 175 Å². The van der Waals surface area contributed by atoms with E-state index in [2.05, 4.69) is 212 Å². The molecule has 8 aromatic rings. The fourth-order valence-electron chi connectivity index (χ4n) is 9.89. The molecule has 0 N–H and O–H groups in total. The fraction of sp³-hybridized carbons (Fsp3) is 0.103. The first-order valence-electron chi connectivity index (χ1n) is 21.1. The highest BCUT2D eigenvalue weighted by atomic mass is 15.1. The molecule has 0 saturated carbocycles. The van der Waals surface area contributed by atoms with Crippen molar-refractivity contribution < 1.29 is 0 Å². The molecule has 0 amide bonds. The molecule has 3 aliphatic rings. The standard InChI is InChI=1S/C58H45N/c1-39-17-35-54-47(37-39)38-58-53(14-8-16-56(54)58)46-26-33-50(34-27-46)59(48-29-22-43(23-30-48)42-20-18-41(19-21-42)40-9-3-2-4-10-40)49-31-24-45(25-32-49)52-13-7-15-55-51-12-6-5-11-44(51)28-36-57(52)55/h2-26,29-35,37,46H,27-28,36,38H2,1H3. The number of allylic oxidation sites excluding steroid dienone is 3. The zero-order chi connectivity index (χ0) is 39.3. The highest BCUT2D eigenvalue weighted by Crippen LogP contribution is 2.44. The summed E-state index contributed by atoms with van der Waals surface area (Å²) < 4.78 is 0. The van der Waals surface area contributed by atoms with Gasteiger partial charge in [0.25, 0.3) is 0 Å². The van der Waals surface area contributed by atoms with Crippen LogP contribution in [-0.4, -0.2) is 0 Å². The maximum Gasteiger partial charge on any atom is 0.0461 e. The van der Waals surface area contributed by atoms with Gasteiger partial charge in [-0.15, -0.1) is 0 Å². The Balaban J connectivity index is 0.923. The molecule has 0 radical (unpaired) electrons. The number of anilines is 2. The van der Waals surface area contributed by atoms with Crippen LogP contribution in [0, 0.1) is 6.92 Å². The average Bonchev–Trinajstić information content (AvgIpc) is 3.68. The van der Waals surface area contributed by atoms with Crippen LogP contribution in [0.25, 0.3) is 55.6 Å². The minimum absolute atomic E-state index is 0.337. The molecule has 8 aromatic carbocycles. The van der Waals surface area contributed by atoms with Gasteiger partial charge in [0.2, 0.25) is 0 Å². The van der Waals surface area contributed by atoms with Gasteiger partial charge in [-0.3, -0.25) is 0 Å². The van der Waals surface area contributed by atoms with E-state index in [0.717, 1.165) is 37.1 Å². The Labute approximate surface area is 348 Å². The Hall–Kier alpha value is -6.96. The van der Waals surface area contributed by atoms with E-state index in [-0.39, 0.29) is 0 Å². The summed E-state index contributed by atoms with van der Waals surface area (Å²) in [4.78, 5) is 2.43. The quantitative estimate of drug-likeness (QED) is 0.157. The van der Waals surface area contributed by atoms with E-state index in [1.165, 1.54) is 94.7 Å². The number of fused-ring (bicyclic) bond motifs is 6. The summed E-state index contributed by atoms with van der Waals surface area (Å²) in [5.41, 5.74) is 25.2. The average molecular weight is 756 g/mol. The molecule has 11 rings (SSSR count). The zero-order valence-electron chi connectivity index (χ0n) is 33.4. The van der Waals surface area contributed by atoms with Gasteiger partial charge >= 0.3 is 0 Å². The molecule has 0 spiro atoms. The van der Waals surface area contributed by atoms with E-state index in [9.17, 15) is 0 Å². The van der Waals surface area contributed by atoms with E-state index in [0.29, 0.717) is 5.92 Å². The fourth-order valence-corrected chi connectivity index (χ4v) is 9.89. The lowest BCUT2D eigenvalue weighted by Crippen LogP contribution is -2.17. The van der Waals surface area contributed by atoms with Crippen LogP contribution in [0.3, 0.4) is 0 Å². The number of rotatable bonds is 7. The molecule has 0 aliphatic heterocycles. The molecule has 0 saturated heterocycles. The molecule has 0 bridgehead atoms. The lowest BCUT2D eigenvalue weighted by molar-refractivity contribution is 0.829. The van der Waals surface area contributed by atoms with E-state index in [1.807, 2.05) is 0 Å². The van der Waals surface area contributed by atoms with Crippen LogP contribution in [0.2, 0.25) is 0 Å². The van der Waals surface area contributed by atoms with Gasteiger partial charge in [0, 0.05) is 23.0 Å². The van der Waals surface area contributed by atoms with Crippen molar-refractivity contribution in [2.45, 2.75) is 38.5 Å². The van der Waals surface area contributed by atoms with Gasteiger partial charge in [0.15, 0.2) is 0 Å². The van der Waals surface area contributed by atoms with Crippen LogP contribution in [0.5, 0.6) is 0 Å². The Kier molecular flexibility index (Phi) is 8.81. The Morgan fingerprint density at radius 1 is 0.441 bits per heavy atom. The molecular formula is C58H45N. The molecule has 282 valence electrons. The molecule has 1 nitrogen and oxygen atoms in total. The van der Waals surface area contributed by atoms with Crippen LogP contribution in [0.4, 0.5) is 11.4 Å². The van der Waals surface area contributed by atoms with Gasteiger partial charge in [-0.2, -0.15) is 0 Å². The number of benzene rings is 8. The summed E-state index contributed by atoms with van der Waals surface area (Å²) in [7, 11) is 0. The van der Waals surface area contributed by atoms with Crippen molar-refractivity contribution in [3.63, 3.8) is 0 Å². The minimum atomic E-state index is 0.337. The highest BCUT2D eigenvalue weighted by Gasteiger charge is 2.26. The number of hydrogen-bond donors (Lipinski definition) is 0. The largest absolute Gasteiger partial charge is 0.311 e. The molecule has 59 heavy (non-hydrogen) atoms. The lowest BCUT2D eigenvalue weighted by Gasteiger charge is -2.30. The first kappa shape index (κ1) is 35.2. The van der Waals surface area contributed by atoms with Crippen molar-refractivity contribution in [2.24, 2.45) is 0 Å². The molecule has 0 heterocycles. The third-order valence-electron chi connectivity index (χ3n) is 12.9. The summed E-state index contributed by atoms with van der Waals surface area (Å²) in [6.07, 6.45) is 11.4. The first-order chi connectivity index (χ1) is 29.1. The predicted octanol–water partition coefficient (Wildman–Crippen LogP) is 15.1. The predicted molar refractivity (Wildman–Crippen MR) is 248 cm³/mol. The van der Waals surface area contributed by atoms with Crippen molar-refractivity contribution in [1.29, 1.82) is 0 Å². The maximum atomic E-state index is 2.45. The third kappa shape index (κ3) is 6.44. The number of nitrogens with zero attached hydrogens (tertiary/aromatic N) is 1. The van der Waals surface area contributed by atoms with Gasteiger partial charge in [0.05, 0.1) is 0 Å². The van der Waals surface area contributed by atoms with Gasteiger partial charge < -0.3 is 4.90 Å². The molecule has 0 aromatic heterocycles. The van der Waals surface area contributed by atoms with Crippen molar-refractivity contribution in [1.82, 2.24) is 0 Å². The van der Waals surface area contributed by atoms with Crippen LogP contribution >= 0.6 is 0 Å². The van der Waals surface area contributed by atoms with E-state index >= 15 is 0 Å². The summed E-state index contributed by atoms with van der Waals surface area (Å²) >= 11 is 0. The third-order valence-corrected chi connectivity index (χ3v) is 12.9. The van der Waals surface area contributed by atoms with Crippen LogP contribution in [0.1, 0.15) is 45.7 Å². The van der Waals surface area contributed by atoms with Crippen molar-refractivity contribution in [2.75, 3.05) is 4.90 Å². The highest BCUT2D eigenvalue weighted by molar-refractivity contribution is 5.84. The Morgan fingerprint density at radius 2 is 1.02 bits per heavy atom. The molecule has 1 unspecified atom stereocenters. The normalized spacial score (nSPS) is 14.8. The maximum absolute atomic E-state index is 2.45. The summed E-state index contributed by atoms with van der Waals surface area (Å²) in [6.45, 7) is 2.20.